The van der Waals surface area contributed by atoms with Gasteiger partial charge in [-0.05, 0) is 57.0 Å². The Morgan fingerprint density at radius 3 is 2.44 bits per heavy atom. The van der Waals surface area contributed by atoms with Crippen molar-refractivity contribution in [3.05, 3.63) is 92.5 Å². The molecule has 1 atom stereocenters. The minimum absolute atomic E-state index is 0.0256. The summed E-state index contributed by atoms with van der Waals surface area (Å²) in [7, 11) is -3.27. The minimum atomic E-state index is -4.60. The molecule has 230 valence electrons. The Morgan fingerprint density at radius 1 is 1.09 bits per heavy atom. The van der Waals surface area contributed by atoms with Crippen LogP contribution in [0.5, 0.6) is 5.75 Å². The van der Waals surface area contributed by atoms with Crippen molar-refractivity contribution in [2.75, 3.05) is 24.5 Å². The topological polar surface area (TPSA) is 139 Å². The maximum absolute atomic E-state index is 14.2. The maximum Gasteiger partial charge on any atom is 0.273 e. The second kappa shape index (κ2) is 14.3. The van der Waals surface area contributed by atoms with Gasteiger partial charge in [0.25, 0.3) is 15.7 Å². The van der Waals surface area contributed by atoms with E-state index in [4.69, 9.17) is 16.3 Å². The van der Waals surface area contributed by atoms with E-state index in [1.54, 1.807) is 6.92 Å². The van der Waals surface area contributed by atoms with E-state index in [-0.39, 0.29) is 28.6 Å². The van der Waals surface area contributed by atoms with Gasteiger partial charge in [0.15, 0.2) is 0 Å². The second-order valence-corrected chi connectivity index (χ2v) is 12.3. The fourth-order valence-corrected chi connectivity index (χ4v) is 6.03. The lowest BCUT2D eigenvalue weighted by Gasteiger charge is -2.32. The molecule has 0 aliphatic carbocycles. The summed E-state index contributed by atoms with van der Waals surface area (Å²) in [5.41, 5.74) is 1.51. The summed E-state index contributed by atoms with van der Waals surface area (Å²) >= 11 is 6.25. The first-order chi connectivity index (χ1) is 20.3. The van der Waals surface area contributed by atoms with E-state index in [1.807, 2.05) is 38.1 Å². The van der Waals surface area contributed by atoms with E-state index >= 15 is 0 Å². The fourth-order valence-electron chi connectivity index (χ4n) is 4.43. The molecule has 0 bridgehead atoms. The maximum atomic E-state index is 14.2. The van der Waals surface area contributed by atoms with Gasteiger partial charge in [0.2, 0.25) is 11.8 Å². The zero-order valence-electron chi connectivity index (χ0n) is 24.7. The number of halogens is 1. The lowest BCUT2D eigenvalue weighted by atomic mass is 10.1. The first kappa shape index (κ1) is 33.3. The van der Waals surface area contributed by atoms with Crippen molar-refractivity contribution in [2.45, 2.75) is 51.6 Å². The zero-order chi connectivity index (χ0) is 31.9. The molecule has 0 heterocycles. The van der Waals surface area contributed by atoms with Crippen molar-refractivity contribution >= 4 is 44.8 Å². The summed E-state index contributed by atoms with van der Waals surface area (Å²) in [4.78, 5) is 39.0. The number of hydrogen-bond donors (Lipinski definition) is 1. The van der Waals surface area contributed by atoms with Gasteiger partial charge in [0.05, 0.1) is 22.6 Å². The van der Waals surface area contributed by atoms with Crippen LogP contribution in [-0.2, 0) is 26.2 Å². The average molecular weight is 631 g/mol. The van der Waals surface area contributed by atoms with E-state index in [9.17, 15) is 28.1 Å². The Bertz CT molecular complexity index is 1610. The molecule has 2 amide bonds. The highest BCUT2D eigenvalue weighted by Gasteiger charge is 2.35. The molecule has 0 fully saturated rings. The van der Waals surface area contributed by atoms with Crippen molar-refractivity contribution in [3.8, 4) is 5.75 Å². The van der Waals surface area contributed by atoms with Crippen molar-refractivity contribution < 1.29 is 27.7 Å². The number of methoxy groups -OCH3 is 1. The highest BCUT2D eigenvalue weighted by molar-refractivity contribution is 7.92. The van der Waals surface area contributed by atoms with Crippen LogP contribution in [0.25, 0.3) is 0 Å². The molecule has 3 rings (SSSR count). The quantitative estimate of drug-likeness (QED) is 0.207. The van der Waals surface area contributed by atoms with Crippen LogP contribution in [0.2, 0.25) is 5.02 Å². The molecule has 0 aliphatic heterocycles. The van der Waals surface area contributed by atoms with Gasteiger partial charge in [0, 0.05) is 29.7 Å². The highest BCUT2D eigenvalue weighted by atomic mass is 35.5. The predicted molar refractivity (Wildman–Crippen MR) is 165 cm³/mol. The van der Waals surface area contributed by atoms with Crippen LogP contribution in [0.3, 0.4) is 0 Å². The number of anilines is 1. The van der Waals surface area contributed by atoms with E-state index in [1.165, 1.54) is 49.3 Å². The molecule has 0 saturated heterocycles. The molecular weight excluding hydrogens is 596 g/mol. The average Bonchev–Trinajstić information content (AvgIpc) is 2.96. The third-order valence-corrected chi connectivity index (χ3v) is 8.80. The van der Waals surface area contributed by atoms with E-state index in [0.717, 1.165) is 21.5 Å². The lowest BCUT2D eigenvalue weighted by Crippen LogP contribution is -2.51. The normalized spacial score (nSPS) is 11.9. The molecule has 0 saturated carbocycles. The van der Waals surface area contributed by atoms with Crippen LogP contribution in [0, 0.1) is 24.0 Å². The number of nitrogens with one attached hydrogen (secondary N) is 1. The molecular formula is C30H35ClN4O7S. The molecule has 3 aromatic rings. The Morgan fingerprint density at radius 2 is 1.81 bits per heavy atom. The summed E-state index contributed by atoms with van der Waals surface area (Å²) in [6.07, 6.45) is 0.688. The van der Waals surface area contributed by atoms with Crippen LogP contribution in [0.1, 0.15) is 37.0 Å². The Labute approximate surface area is 256 Å². The molecule has 1 N–H and O–H groups in total. The summed E-state index contributed by atoms with van der Waals surface area (Å²) in [5, 5.41) is 14.6. The number of ether oxygens (including phenoxy) is 1. The second-order valence-electron chi connectivity index (χ2n) is 10.0. The monoisotopic (exact) mass is 630 g/mol. The summed E-state index contributed by atoms with van der Waals surface area (Å²) in [6, 6.07) is 14.2. The fraction of sp³-hybridized carbons (Fsp3) is 0.333. The number of nitro benzene ring substituents is 1. The van der Waals surface area contributed by atoms with Gasteiger partial charge in [-0.3, -0.25) is 24.0 Å². The van der Waals surface area contributed by atoms with Gasteiger partial charge in [0.1, 0.15) is 18.3 Å². The zero-order valence-corrected chi connectivity index (χ0v) is 26.2. The molecule has 11 nitrogen and oxygen atoms in total. The number of sulfonamides is 1. The third-order valence-electron chi connectivity index (χ3n) is 6.81. The van der Waals surface area contributed by atoms with Crippen molar-refractivity contribution in [2.24, 2.45) is 0 Å². The molecule has 0 aromatic heterocycles. The van der Waals surface area contributed by atoms with Gasteiger partial charge in [-0.1, -0.05) is 54.4 Å². The number of rotatable bonds is 13. The molecule has 3 aromatic carbocycles. The number of benzene rings is 3. The SMILES string of the molecule is CCCNC(=O)[C@@H](C)N(Cc1cccc(C)c1)C(=O)CN(c1cc(Cl)ccc1OC)S(=O)(=O)c1ccc(C)c([N+](=O)[O-])c1. The van der Waals surface area contributed by atoms with Crippen molar-refractivity contribution in [1.29, 1.82) is 0 Å². The van der Waals surface area contributed by atoms with Crippen LogP contribution in [-0.4, -0.2) is 56.3 Å². The number of aryl methyl sites for hydroxylation is 2. The number of carbonyl (C=O) groups is 2. The molecule has 0 spiro atoms. The molecule has 13 heteroatoms. The standard InChI is InChI=1S/C30H35ClN4O7S/c1-6-14-32-30(37)22(4)33(18-23-9-7-8-20(2)15-23)29(36)19-34(27-16-24(31)11-13-28(27)42-5)43(40,41)25-12-10-21(3)26(17-25)35(38)39/h7-13,15-17,22H,6,14,18-19H2,1-5H3,(H,32,37)/t22-/m1/s1. The van der Waals surface area contributed by atoms with E-state index in [0.29, 0.717) is 13.0 Å². The summed E-state index contributed by atoms with van der Waals surface area (Å²) < 4.78 is 34.5. The number of hydrogen-bond acceptors (Lipinski definition) is 7. The van der Waals surface area contributed by atoms with Gasteiger partial charge >= 0.3 is 0 Å². The van der Waals surface area contributed by atoms with E-state index in [2.05, 4.69) is 5.32 Å². The first-order valence-electron chi connectivity index (χ1n) is 13.5. The van der Waals surface area contributed by atoms with Crippen LogP contribution in [0.4, 0.5) is 11.4 Å². The first-order valence-corrected chi connectivity index (χ1v) is 15.4. The van der Waals surface area contributed by atoms with Gasteiger partial charge < -0.3 is 15.0 Å². The minimum Gasteiger partial charge on any atom is -0.495 e. The number of amides is 2. The Balaban J connectivity index is 2.15. The predicted octanol–water partition coefficient (Wildman–Crippen LogP) is 5.01. The smallest absolute Gasteiger partial charge is 0.273 e. The molecule has 0 radical (unpaired) electrons. The largest absolute Gasteiger partial charge is 0.495 e. The van der Waals surface area contributed by atoms with E-state index < -0.39 is 49.9 Å². The number of carbonyl (C=O) groups excluding carboxylic acids is 2. The van der Waals surface area contributed by atoms with Crippen molar-refractivity contribution in [3.63, 3.8) is 0 Å². The highest BCUT2D eigenvalue weighted by Crippen LogP contribution is 2.36. The van der Waals surface area contributed by atoms with Gasteiger partial charge in [-0.2, -0.15) is 0 Å². The third kappa shape index (κ3) is 8.02. The summed E-state index contributed by atoms with van der Waals surface area (Å²) in [5.74, 6) is -0.985. The lowest BCUT2D eigenvalue weighted by molar-refractivity contribution is -0.385. The van der Waals surface area contributed by atoms with Crippen LogP contribution >= 0.6 is 11.6 Å². The molecule has 0 aliphatic rings. The van der Waals surface area contributed by atoms with Gasteiger partial charge in [-0.15, -0.1) is 0 Å². The number of nitro groups is 1. The van der Waals surface area contributed by atoms with Crippen LogP contribution in [0.15, 0.2) is 65.6 Å². The van der Waals surface area contributed by atoms with Gasteiger partial charge in [-0.25, -0.2) is 8.42 Å². The summed E-state index contributed by atoms with van der Waals surface area (Å²) in [6.45, 7) is 6.53. The molecule has 0 unspecified atom stereocenters. The van der Waals surface area contributed by atoms with Crippen molar-refractivity contribution in [1.82, 2.24) is 10.2 Å². The van der Waals surface area contributed by atoms with Crippen LogP contribution < -0.4 is 14.4 Å². The molecule has 43 heavy (non-hydrogen) atoms. The Kier molecular flexibility index (Phi) is 11.1. The Hall–Kier alpha value is -4.16. The number of nitrogens with zero attached hydrogens (tertiary/aromatic N) is 3.